The summed E-state index contributed by atoms with van der Waals surface area (Å²) in [7, 11) is 2.97. The molecule has 15 heteroatoms. The fourth-order valence-corrected chi connectivity index (χ4v) is 5.44. The molecular weight excluding hydrogens is 647 g/mol. The van der Waals surface area contributed by atoms with Gasteiger partial charge < -0.3 is 26.8 Å². The number of imidazole rings is 1. The van der Waals surface area contributed by atoms with Crippen LogP contribution in [0.1, 0.15) is 41.0 Å². The van der Waals surface area contributed by atoms with E-state index in [-0.39, 0.29) is 46.5 Å². The van der Waals surface area contributed by atoms with Crippen molar-refractivity contribution in [2.75, 3.05) is 12.0 Å². The average molecular weight is 674 g/mol. The highest BCUT2D eigenvalue weighted by atomic mass is 79.9. The molecule has 2 N–H and O–H groups in total. The van der Waals surface area contributed by atoms with Gasteiger partial charge in [-0.15, -0.1) is 5.10 Å². The predicted octanol–water partition coefficient (Wildman–Crippen LogP) is 0.0150. The number of H-pyrrole nitrogens is 1. The fraction of sp³-hybridized carbons (Fsp3) is 0.276. The molecule has 2 aromatic carbocycles. The van der Waals surface area contributed by atoms with Crippen LogP contribution in [-0.2, 0) is 42.3 Å². The number of nitriles is 1. The molecule has 44 heavy (non-hydrogen) atoms. The molecule has 5 rings (SSSR count). The second-order valence-corrected chi connectivity index (χ2v) is 9.93. The summed E-state index contributed by atoms with van der Waals surface area (Å²) in [4.78, 5) is 28.0. The Kier molecular flexibility index (Phi) is 9.17. The molecule has 3 heterocycles. The Hall–Kier alpha value is -4.68. The summed E-state index contributed by atoms with van der Waals surface area (Å²) in [5, 5.41) is 25.9. The summed E-state index contributed by atoms with van der Waals surface area (Å²) < 4.78 is 50.7. The lowest BCUT2D eigenvalue weighted by Gasteiger charge is -2.36. The van der Waals surface area contributed by atoms with Crippen molar-refractivity contribution in [1.82, 2.24) is 19.3 Å². The van der Waals surface area contributed by atoms with Crippen LogP contribution in [0.4, 0.5) is 24.8 Å². The van der Waals surface area contributed by atoms with E-state index >= 15 is 0 Å². The maximum absolute atomic E-state index is 13.6. The molecule has 4 aromatic rings. The zero-order valence-corrected chi connectivity index (χ0v) is 25.3. The monoisotopic (exact) mass is 673 g/mol. The summed E-state index contributed by atoms with van der Waals surface area (Å²) in [5.41, 5.74) is 0.0907. The quantitative estimate of drug-likeness (QED) is 0.209. The molecule has 0 saturated heterocycles. The van der Waals surface area contributed by atoms with Crippen molar-refractivity contribution in [2.24, 2.45) is 7.05 Å². The normalized spacial score (nSPS) is 14.6. The fourth-order valence-electron chi connectivity index (χ4n) is 5.44. The van der Waals surface area contributed by atoms with E-state index in [2.05, 4.69) is 16.3 Å². The summed E-state index contributed by atoms with van der Waals surface area (Å²) in [6, 6.07) is 10.3. The maximum atomic E-state index is 13.6. The van der Waals surface area contributed by atoms with Crippen molar-refractivity contribution >= 4 is 17.6 Å². The largest absolute Gasteiger partial charge is 1.00 e. The summed E-state index contributed by atoms with van der Waals surface area (Å²) in [6.45, 7) is 1.73. The zero-order chi connectivity index (χ0) is 31.1. The van der Waals surface area contributed by atoms with E-state index < -0.39 is 29.4 Å². The molecule has 1 unspecified atom stereocenters. The number of carbonyl (C=O) groups excluding carboxylic acids is 1. The number of hydrogen-bond acceptors (Lipinski definition) is 7. The second-order valence-electron chi connectivity index (χ2n) is 9.93. The van der Waals surface area contributed by atoms with Crippen LogP contribution in [0.15, 0.2) is 70.9 Å². The van der Waals surface area contributed by atoms with Crippen LogP contribution in [0.3, 0.4) is 0 Å². The van der Waals surface area contributed by atoms with E-state index in [4.69, 9.17) is 4.74 Å². The van der Waals surface area contributed by atoms with E-state index in [9.17, 15) is 33.1 Å². The molecule has 0 spiro atoms. The van der Waals surface area contributed by atoms with Crippen LogP contribution >= 0.6 is 0 Å². The molecular formula is C29H27BrF3N7O4. The Morgan fingerprint density at radius 2 is 2.00 bits per heavy atom. The molecule has 230 valence electrons. The number of fused-ring (bicyclic) bond motifs is 1. The Morgan fingerprint density at radius 1 is 1.25 bits per heavy atom. The van der Waals surface area contributed by atoms with Gasteiger partial charge in [0.2, 0.25) is 5.95 Å². The first-order chi connectivity index (χ1) is 20.5. The number of aromatic amines is 1. The summed E-state index contributed by atoms with van der Waals surface area (Å²) in [5.74, 6) is -0.185. The number of esters is 1. The topological polar surface area (TPSA) is 133 Å². The Labute approximate surface area is 259 Å². The van der Waals surface area contributed by atoms with Gasteiger partial charge in [0.25, 0.3) is 5.82 Å². The third kappa shape index (κ3) is 5.65. The molecule has 2 aromatic heterocycles. The van der Waals surface area contributed by atoms with Gasteiger partial charge >= 0.3 is 17.8 Å². The molecule has 0 fully saturated rings. The minimum atomic E-state index is -4.63. The van der Waals surface area contributed by atoms with Gasteiger partial charge in [-0.05, 0) is 48.4 Å². The lowest BCUT2D eigenvalue weighted by atomic mass is 9.89. The van der Waals surface area contributed by atoms with Crippen LogP contribution in [0, 0.1) is 11.3 Å². The number of carbonyl (C=O) groups is 1. The average Bonchev–Trinajstić information content (AvgIpc) is 3.55. The number of nitrogens with zero attached hydrogens (tertiary/aromatic N) is 6. The van der Waals surface area contributed by atoms with Crippen molar-refractivity contribution in [3.05, 3.63) is 105 Å². The Morgan fingerprint density at radius 3 is 2.66 bits per heavy atom. The minimum absolute atomic E-state index is 0. The van der Waals surface area contributed by atoms with Gasteiger partial charge in [0.15, 0.2) is 0 Å². The molecule has 0 saturated carbocycles. The van der Waals surface area contributed by atoms with Crippen LogP contribution in [0.5, 0.6) is 0 Å². The van der Waals surface area contributed by atoms with Gasteiger partial charge in [-0.3, -0.25) is 4.90 Å². The van der Waals surface area contributed by atoms with Crippen molar-refractivity contribution in [3.8, 4) is 6.07 Å². The first-order valence-corrected chi connectivity index (χ1v) is 13.1. The van der Waals surface area contributed by atoms with Gasteiger partial charge in [0.1, 0.15) is 25.0 Å². The van der Waals surface area contributed by atoms with Crippen molar-refractivity contribution in [2.45, 2.75) is 38.7 Å². The number of halogens is 4. The molecule has 1 aliphatic rings. The number of aliphatic hydroxyl groups is 1. The minimum Gasteiger partial charge on any atom is -1.00 e. The molecule has 0 aliphatic carbocycles. The number of anilines is 2. The number of alkyl halides is 3. The predicted molar refractivity (Wildman–Crippen MR) is 146 cm³/mol. The number of rotatable bonds is 7. The van der Waals surface area contributed by atoms with Crippen molar-refractivity contribution in [3.63, 3.8) is 0 Å². The van der Waals surface area contributed by atoms with Crippen molar-refractivity contribution in [1.29, 1.82) is 5.26 Å². The van der Waals surface area contributed by atoms with E-state index in [0.29, 0.717) is 35.5 Å². The number of benzene rings is 2. The molecule has 1 aliphatic heterocycles. The van der Waals surface area contributed by atoms with E-state index in [0.717, 1.165) is 12.1 Å². The van der Waals surface area contributed by atoms with Crippen LogP contribution in [0.25, 0.3) is 0 Å². The number of allylic oxidation sites excluding steroid dienone is 1. The zero-order valence-electron chi connectivity index (χ0n) is 23.8. The molecule has 0 bridgehead atoms. The van der Waals surface area contributed by atoms with E-state index in [1.807, 2.05) is 4.57 Å². The smallest absolute Gasteiger partial charge is 0.416 e. The highest BCUT2D eigenvalue weighted by molar-refractivity contribution is 5.93. The van der Waals surface area contributed by atoms with Crippen LogP contribution < -0.4 is 32.1 Å². The van der Waals surface area contributed by atoms with Gasteiger partial charge in [-0.25, -0.2) is 28.4 Å². The van der Waals surface area contributed by atoms with Gasteiger partial charge in [-0.2, -0.15) is 18.4 Å². The standard InChI is InChI=1S/C29H26F3N7O4.BrH/c1-17-24(26(41)43-3)25(22-8-7-18(15-33)13-19(22)9-10-37-12-11-36(2)23(37)16-40)39-27(34-35-28(39)42)38(17)21-6-4-5-20(14-21)29(30,31)32;/h4-8,11-14,25,40H,9-10,16H2,1-3H3;1H. The molecule has 0 radical (unpaired) electrons. The van der Waals surface area contributed by atoms with E-state index in [1.165, 1.54) is 28.7 Å². The highest BCUT2D eigenvalue weighted by Crippen LogP contribution is 2.43. The van der Waals surface area contributed by atoms with Gasteiger partial charge in [0, 0.05) is 17.8 Å². The van der Waals surface area contributed by atoms with Crippen LogP contribution in [-0.4, -0.2) is 37.5 Å². The van der Waals surface area contributed by atoms with Crippen LogP contribution in [0.2, 0.25) is 0 Å². The number of nitrogens with one attached hydrogen (secondary N) is 1. The van der Waals surface area contributed by atoms with Gasteiger partial charge in [0.05, 0.1) is 43.5 Å². The van der Waals surface area contributed by atoms with Crippen molar-refractivity contribution < 1.29 is 49.4 Å². The summed E-state index contributed by atoms with van der Waals surface area (Å²) in [6.07, 6.45) is -0.696. The third-order valence-electron chi connectivity index (χ3n) is 7.52. The molecule has 1 atom stereocenters. The lowest BCUT2D eigenvalue weighted by molar-refractivity contribution is -0.705. The Balaban J connectivity index is 0.00000442. The maximum Gasteiger partial charge on any atom is 0.416 e. The number of methoxy groups -OCH3 is 1. The second kappa shape index (κ2) is 12.5. The molecule has 11 nitrogen and oxygen atoms in total. The molecule has 0 amide bonds. The third-order valence-corrected chi connectivity index (χ3v) is 7.52. The number of aromatic nitrogens is 5. The first kappa shape index (κ1) is 32.2. The SMILES string of the molecule is COC(=O)C1=C(C)N(c2cccc(C(F)(F)F)c2)c2n[nH]c(=O)n2C1c1ccc(C#N)cc1CC[n+]1ccn(C)c1CO.[Br-]. The Bertz CT molecular complexity index is 1850. The lowest BCUT2D eigenvalue weighted by Crippen LogP contribution is -3.00. The number of hydrogen-bond donors (Lipinski definition) is 2. The number of aryl methyl sites for hydroxylation is 3. The number of ether oxygens (including phenoxy) is 1. The highest BCUT2D eigenvalue weighted by Gasteiger charge is 2.41. The number of aliphatic hydroxyl groups excluding tert-OH is 1. The first-order valence-electron chi connectivity index (χ1n) is 13.1. The summed E-state index contributed by atoms with van der Waals surface area (Å²) >= 11 is 0. The van der Waals surface area contributed by atoms with Gasteiger partial charge in [-0.1, -0.05) is 12.1 Å². The van der Waals surface area contributed by atoms with E-state index in [1.54, 1.807) is 49.1 Å².